The molecule has 1 fully saturated rings. The summed E-state index contributed by atoms with van der Waals surface area (Å²) in [5.74, 6) is 0. The molecule has 1 saturated heterocycles. The average Bonchev–Trinajstić information content (AvgIpc) is 2.53. The zero-order chi connectivity index (χ0) is 19.9. The van der Waals surface area contributed by atoms with Crippen molar-refractivity contribution in [3.8, 4) is 0 Å². The van der Waals surface area contributed by atoms with Crippen molar-refractivity contribution in [1.82, 2.24) is 9.42 Å². The third-order valence-electron chi connectivity index (χ3n) is 4.01. The van der Waals surface area contributed by atoms with E-state index in [-0.39, 0.29) is 40.4 Å². The number of benzene rings is 1. The smallest absolute Gasteiger partial charge is 0.247 e. The second-order valence-corrected chi connectivity index (χ2v) is 9.17. The lowest BCUT2D eigenvalue weighted by Gasteiger charge is -2.41. The van der Waals surface area contributed by atoms with Crippen LogP contribution in [-0.4, -0.2) is 49.3 Å². The number of piperidine rings is 1. The Morgan fingerprint density at radius 3 is 2.27 bits per heavy atom. The Morgan fingerprint density at radius 2 is 1.77 bits per heavy atom. The third-order valence-corrected chi connectivity index (χ3v) is 7.83. The second kappa shape index (κ2) is 8.08. The Kier molecular flexibility index (Phi) is 6.89. The van der Waals surface area contributed by atoms with Crippen molar-refractivity contribution < 1.29 is 26.0 Å². The first-order valence-electron chi connectivity index (χ1n) is 7.51. The summed E-state index contributed by atoms with van der Waals surface area (Å²) < 4.78 is 80.0. The minimum Gasteiger partial charge on any atom is -0.247 e. The Balaban J connectivity index is 2.55. The van der Waals surface area contributed by atoms with Crippen molar-refractivity contribution >= 4 is 49.2 Å². The molecule has 0 amide bonds. The molecule has 0 saturated carbocycles. The van der Waals surface area contributed by atoms with Crippen LogP contribution in [0.15, 0.2) is 21.5 Å². The maximum atomic E-state index is 13.4. The van der Waals surface area contributed by atoms with E-state index in [1.165, 1.54) is 6.07 Å². The Morgan fingerprint density at radius 1 is 1.23 bits per heavy atom. The van der Waals surface area contributed by atoms with Gasteiger partial charge in [0, 0.05) is 17.6 Å². The summed E-state index contributed by atoms with van der Waals surface area (Å²) in [6.07, 6.45) is -6.13. The van der Waals surface area contributed by atoms with E-state index in [0.29, 0.717) is 4.47 Å². The van der Waals surface area contributed by atoms with Crippen LogP contribution in [0.25, 0.3) is 0 Å². The number of hydrogen-bond acceptors (Lipinski definition) is 3. The summed E-state index contributed by atoms with van der Waals surface area (Å²) in [5, 5.41) is 0.478. The molecule has 26 heavy (non-hydrogen) atoms. The van der Waals surface area contributed by atoms with Gasteiger partial charge in [0.1, 0.15) is 17.1 Å². The minimum atomic E-state index is -4.83. The Labute approximate surface area is 167 Å². The van der Waals surface area contributed by atoms with Gasteiger partial charge in [-0.05, 0) is 47.8 Å². The number of hydrazine groups is 1. The van der Waals surface area contributed by atoms with Crippen LogP contribution >= 0.6 is 39.1 Å². The van der Waals surface area contributed by atoms with Gasteiger partial charge < -0.3 is 0 Å². The van der Waals surface area contributed by atoms with Crippen LogP contribution in [-0.2, 0) is 10.0 Å². The van der Waals surface area contributed by atoms with Gasteiger partial charge in [-0.15, -0.1) is 4.41 Å². The van der Waals surface area contributed by atoms with Gasteiger partial charge in [-0.25, -0.2) is 17.8 Å². The molecule has 0 bridgehead atoms. The van der Waals surface area contributed by atoms with Crippen LogP contribution in [0, 0.1) is 0 Å². The highest BCUT2D eigenvalue weighted by atomic mass is 79.9. The fourth-order valence-corrected chi connectivity index (χ4v) is 5.47. The van der Waals surface area contributed by atoms with E-state index in [0.717, 1.165) is 18.0 Å². The molecule has 1 aromatic carbocycles. The molecule has 148 valence electrons. The highest BCUT2D eigenvalue weighted by Gasteiger charge is 2.49. The molecule has 12 heteroatoms. The SMILES string of the molecule is C[C@H](N(N1CCC(F)CC1)S(=O)(=O)c1ccc(Br)c(Cl)c1Cl)C(F)(F)F. The number of alkyl halides is 4. The molecule has 0 spiro atoms. The predicted octanol–water partition coefficient (Wildman–Crippen LogP) is 5.05. The molecule has 1 aromatic rings. The second-order valence-electron chi connectivity index (χ2n) is 5.80. The lowest BCUT2D eigenvalue weighted by atomic mass is 10.1. The number of sulfonamides is 1. The van der Waals surface area contributed by atoms with Crippen LogP contribution in [0.1, 0.15) is 19.8 Å². The number of halogens is 7. The minimum absolute atomic E-state index is 0.0641. The van der Waals surface area contributed by atoms with Gasteiger partial charge >= 0.3 is 6.18 Å². The van der Waals surface area contributed by atoms with Crippen molar-refractivity contribution in [3.63, 3.8) is 0 Å². The first-order chi connectivity index (χ1) is 11.9. The molecular weight excluding hydrogens is 487 g/mol. The highest BCUT2D eigenvalue weighted by Crippen LogP contribution is 2.39. The molecule has 0 aliphatic carbocycles. The van der Waals surface area contributed by atoms with E-state index in [1.54, 1.807) is 0 Å². The molecule has 2 rings (SSSR count). The van der Waals surface area contributed by atoms with Gasteiger partial charge in [-0.3, -0.25) is 0 Å². The standard InChI is InChI=1S/C14H15BrCl2F4N2O2S/c1-8(14(19,20)21)23(22-6-4-9(18)5-7-22)26(24,25)11-3-2-10(15)12(16)13(11)17/h2-3,8-9H,4-7H2,1H3/t8-/m0/s1. The van der Waals surface area contributed by atoms with E-state index in [1.807, 2.05) is 0 Å². The maximum absolute atomic E-state index is 13.4. The summed E-state index contributed by atoms with van der Waals surface area (Å²) in [6, 6.07) is -0.00103. The van der Waals surface area contributed by atoms with Gasteiger partial charge in [0.15, 0.2) is 0 Å². The summed E-state index contributed by atoms with van der Waals surface area (Å²) in [7, 11) is -4.69. The van der Waals surface area contributed by atoms with Crippen molar-refractivity contribution in [2.24, 2.45) is 0 Å². The van der Waals surface area contributed by atoms with Crippen LogP contribution < -0.4 is 0 Å². The fourth-order valence-electron chi connectivity index (χ4n) is 2.57. The summed E-state index contributed by atoms with van der Waals surface area (Å²) in [6.45, 7) is 0.402. The van der Waals surface area contributed by atoms with Crippen molar-refractivity contribution in [1.29, 1.82) is 0 Å². The van der Waals surface area contributed by atoms with Gasteiger partial charge in [0.25, 0.3) is 10.0 Å². The van der Waals surface area contributed by atoms with Crippen molar-refractivity contribution in [2.75, 3.05) is 13.1 Å². The zero-order valence-electron chi connectivity index (χ0n) is 13.4. The molecule has 1 heterocycles. The van der Waals surface area contributed by atoms with E-state index in [4.69, 9.17) is 23.2 Å². The summed E-state index contributed by atoms with van der Waals surface area (Å²) in [4.78, 5) is -0.550. The van der Waals surface area contributed by atoms with Gasteiger partial charge in [-0.1, -0.05) is 23.2 Å². The quantitative estimate of drug-likeness (QED) is 0.428. The van der Waals surface area contributed by atoms with E-state index >= 15 is 0 Å². The monoisotopic (exact) mass is 500 g/mol. The largest absolute Gasteiger partial charge is 0.406 e. The molecule has 0 unspecified atom stereocenters. The van der Waals surface area contributed by atoms with Crippen LogP contribution in [0.3, 0.4) is 0 Å². The van der Waals surface area contributed by atoms with E-state index in [9.17, 15) is 26.0 Å². The van der Waals surface area contributed by atoms with E-state index < -0.39 is 33.3 Å². The van der Waals surface area contributed by atoms with E-state index in [2.05, 4.69) is 15.9 Å². The average molecular weight is 502 g/mol. The third kappa shape index (κ3) is 4.47. The predicted molar refractivity (Wildman–Crippen MR) is 94.4 cm³/mol. The molecule has 4 nitrogen and oxygen atoms in total. The zero-order valence-corrected chi connectivity index (χ0v) is 17.3. The fraction of sp³-hybridized carbons (Fsp3) is 0.571. The number of hydrogen-bond donors (Lipinski definition) is 0. The van der Waals surface area contributed by atoms with Crippen LogP contribution in [0.5, 0.6) is 0 Å². The first kappa shape index (κ1) is 22.2. The molecule has 1 aliphatic heterocycles. The summed E-state index contributed by atoms with van der Waals surface area (Å²) in [5.41, 5.74) is 0. The van der Waals surface area contributed by atoms with Gasteiger partial charge in [0.2, 0.25) is 0 Å². The number of rotatable bonds is 4. The Bertz CT molecular complexity index is 771. The molecule has 0 aromatic heterocycles. The number of nitrogens with zero attached hydrogens (tertiary/aromatic N) is 2. The topological polar surface area (TPSA) is 40.6 Å². The van der Waals surface area contributed by atoms with Gasteiger partial charge in [0.05, 0.1) is 10.0 Å². The lowest BCUT2D eigenvalue weighted by molar-refractivity contribution is -0.195. The molecule has 1 aliphatic rings. The highest BCUT2D eigenvalue weighted by molar-refractivity contribution is 9.10. The lowest BCUT2D eigenvalue weighted by Crippen LogP contribution is -2.57. The normalized spacial score (nSPS) is 19.1. The first-order valence-corrected chi connectivity index (χ1v) is 10.5. The van der Waals surface area contributed by atoms with Crippen LogP contribution in [0.4, 0.5) is 17.6 Å². The molecule has 0 radical (unpaired) electrons. The summed E-state index contributed by atoms with van der Waals surface area (Å²) >= 11 is 15.0. The Hall–Kier alpha value is -0.130. The maximum Gasteiger partial charge on any atom is 0.406 e. The molecule has 0 N–H and O–H groups in total. The van der Waals surface area contributed by atoms with Crippen molar-refractivity contribution in [3.05, 3.63) is 26.7 Å². The van der Waals surface area contributed by atoms with Gasteiger partial charge in [-0.2, -0.15) is 13.2 Å². The van der Waals surface area contributed by atoms with Crippen LogP contribution in [0.2, 0.25) is 10.0 Å². The molecule has 1 atom stereocenters. The van der Waals surface area contributed by atoms with Crippen molar-refractivity contribution in [2.45, 2.75) is 43.1 Å². The molecular formula is C14H15BrCl2F4N2O2S.